The number of nitrogens with zero attached hydrogens (tertiary/aromatic N) is 3. The van der Waals surface area contributed by atoms with E-state index in [0.717, 1.165) is 11.1 Å². The van der Waals surface area contributed by atoms with Gasteiger partial charge in [0.05, 0.1) is 6.10 Å². The van der Waals surface area contributed by atoms with Crippen LogP contribution in [0.2, 0.25) is 0 Å². The highest BCUT2D eigenvalue weighted by Crippen LogP contribution is 2.21. The molecule has 15 heavy (non-hydrogen) atoms. The van der Waals surface area contributed by atoms with Crippen molar-refractivity contribution in [2.24, 2.45) is 5.11 Å². The normalized spacial score (nSPS) is 11.9. The Kier molecular flexibility index (Phi) is 4.16. The summed E-state index contributed by atoms with van der Waals surface area (Å²) in [6, 6.07) is 5.93. The fraction of sp³-hybridized carbons (Fsp3) is 0.455. The second-order valence-corrected chi connectivity index (χ2v) is 3.62. The summed E-state index contributed by atoms with van der Waals surface area (Å²) < 4.78 is 0. The van der Waals surface area contributed by atoms with E-state index in [4.69, 9.17) is 5.53 Å². The molecule has 1 aromatic carbocycles. The summed E-state index contributed by atoms with van der Waals surface area (Å²) in [7, 11) is 0. The minimum Gasteiger partial charge on any atom is -0.388 e. The fourth-order valence-corrected chi connectivity index (χ4v) is 1.58. The van der Waals surface area contributed by atoms with Crippen LogP contribution in [0.1, 0.15) is 29.2 Å². The van der Waals surface area contributed by atoms with Crippen LogP contribution in [0, 0.1) is 13.8 Å². The number of hydrogen-bond acceptors (Lipinski definition) is 2. The smallest absolute Gasteiger partial charge is 0.0793 e. The maximum Gasteiger partial charge on any atom is 0.0793 e. The van der Waals surface area contributed by atoms with Crippen LogP contribution in [0.15, 0.2) is 23.3 Å². The Labute approximate surface area is 89.2 Å². The summed E-state index contributed by atoms with van der Waals surface area (Å²) in [5.74, 6) is 0. The third-order valence-electron chi connectivity index (χ3n) is 2.35. The van der Waals surface area contributed by atoms with Crippen LogP contribution in [0.5, 0.6) is 0 Å². The van der Waals surface area contributed by atoms with Gasteiger partial charge in [0, 0.05) is 11.5 Å². The summed E-state index contributed by atoms with van der Waals surface area (Å²) in [6.07, 6.45) is -0.0790. The van der Waals surface area contributed by atoms with Gasteiger partial charge >= 0.3 is 0 Å². The molecular weight excluding hydrogens is 190 g/mol. The molecule has 1 atom stereocenters. The summed E-state index contributed by atoms with van der Waals surface area (Å²) in [4.78, 5) is 2.65. The van der Waals surface area contributed by atoms with E-state index in [9.17, 15) is 5.11 Å². The molecule has 0 bridgehead atoms. The summed E-state index contributed by atoms with van der Waals surface area (Å²) >= 11 is 0. The third-order valence-corrected chi connectivity index (χ3v) is 2.35. The van der Waals surface area contributed by atoms with E-state index in [-0.39, 0.29) is 0 Å². The first-order chi connectivity index (χ1) is 7.15. The molecular formula is C11H15N3O. The number of hydrogen-bond donors (Lipinski definition) is 1. The van der Waals surface area contributed by atoms with E-state index in [2.05, 4.69) is 10.0 Å². The standard InChI is InChI=1S/C11H15N3O/c1-8-3-4-10(9(2)7-8)11(15)5-6-13-14-12/h3-4,7,11,15H,5-6H2,1-2H3. The quantitative estimate of drug-likeness (QED) is 0.458. The van der Waals surface area contributed by atoms with Crippen LogP contribution in [0.3, 0.4) is 0 Å². The highest BCUT2D eigenvalue weighted by molar-refractivity contribution is 5.31. The lowest BCUT2D eigenvalue weighted by Gasteiger charge is -2.12. The Morgan fingerprint density at radius 1 is 1.47 bits per heavy atom. The van der Waals surface area contributed by atoms with Gasteiger partial charge in [-0.3, -0.25) is 0 Å². The number of aliphatic hydroxyl groups excluding tert-OH is 1. The van der Waals surface area contributed by atoms with E-state index in [0.29, 0.717) is 13.0 Å². The van der Waals surface area contributed by atoms with Crippen molar-refractivity contribution in [3.63, 3.8) is 0 Å². The molecule has 0 spiro atoms. The highest BCUT2D eigenvalue weighted by atomic mass is 16.3. The Balaban J connectivity index is 2.72. The zero-order chi connectivity index (χ0) is 11.3. The van der Waals surface area contributed by atoms with Crippen molar-refractivity contribution >= 4 is 0 Å². The number of aliphatic hydroxyl groups is 1. The van der Waals surface area contributed by atoms with Crippen LogP contribution in [-0.4, -0.2) is 11.7 Å². The first-order valence-corrected chi connectivity index (χ1v) is 4.91. The predicted octanol–water partition coefficient (Wildman–Crippen LogP) is 3.04. The van der Waals surface area contributed by atoms with Gasteiger partial charge in [0.25, 0.3) is 0 Å². The SMILES string of the molecule is Cc1ccc(C(O)CCN=[N+]=[N-])c(C)c1. The van der Waals surface area contributed by atoms with Gasteiger partial charge in [0.1, 0.15) is 0 Å². The molecule has 4 heteroatoms. The molecule has 1 rings (SSSR count). The average Bonchev–Trinajstić information content (AvgIpc) is 2.17. The van der Waals surface area contributed by atoms with Gasteiger partial charge in [-0.2, -0.15) is 0 Å². The average molecular weight is 205 g/mol. The summed E-state index contributed by atoms with van der Waals surface area (Å²) in [5.41, 5.74) is 11.3. The molecule has 0 amide bonds. The largest absolute Gasteiger partial charge is 0.388 e. The molecule has 1 N–H and O–H groups in total. The van der Waals surface area contributed by atoms with Gasteiger partial charge in [0.2, 0.25) is 0 Å². The van der Waals surface area contributed by atoms with Gasteiger partial charge in [-0.1, -0.05) is 28.9 Å². The molecule has 1 unspecified atom stereocenters. The number of azide groups is 1. The lowest BCUT2D eigenvalue weighted by Crippen LogP contribution is -2.01. The molecule has 80 valence electrons. The minimum atomic E-state index is -0.545. The molecule has 0 aliphatic carbocycles. The number of aryl methyl sites for hydroxylation is 2. The molecule has 0 saturated heterocycles. The van der Waals surface area contributed by atoms with Crippen molar-refractivity contribution in [1.82, 2.24) is 0 Å². The second-order valence-electron chi connectivity index (χ2n) is 3.62. The Hall–Kier alpha value is -1.51. The van der Waals surface area contributed by atoms with Crippen molar-refractivity contribution < 1.29 is 5.11 Å². The monoisotopic (exact) mass is 205 g/mol. The van der Waals surface area contributed by atoms with Crippen molar-refractivity contribution in [1.29, 1.82) is 0 Å². The molecule has 0 saturated carbocycles. The van der Waals surface area contributed by atoms with Crippen LogP contribution in [0.4, 0.5) is 0 Å². The molecule has 0 radical (unpaired) electrons. The van der Waals surface area contributed by atoms with Crippen LogP contribution in [-0.2, 0) is 0 Å². The highest BCUT2D eigenvalue weighted by Gasteiger charge is 2.09. The van der Waals surface area contributed by atoms with Crippen LogP contribution >= 0.6 is 0 Å². The van der Waals surface area contributed by atoms with E-state index in [1.807, 2.05) is 32.0 Å². The molecule has 0 aliphatic heterocycles. The maximum atomic E-state index is 9.84. The zero-order valence-electron chi connectivity index (χ0n) is 9.01. The molecule has 0 fully saturated rings. The predicted molar refractivity (Wildman–Crippen MR) is 59.5 cm³/mol. The molecule has 4 nitrogen and oxygen atoms in total. The molecule has 1 aromatic rings. The Bertz CT molecular complexity index is 383. The van der Waals surface area contributed by atoms with Gasteiger partial charge in [0.15, 0.2) is 0 Å². The van der Waals surface area contributed by atoms with Gasteiger partial charge in [-0.25, -0.2) is 0 Å². The second kappa shape index (κ2) is 5.39. The Morgan fingerprint density at radius 3 is 2.80 bits per heavy atom. The first kappa shape index (κ1) is 11.6. The van der Waals surface area contributed by atoms with Crippen molar-refractivity contribution in [2.75, 3.05) is 6.54 Å². The number of rotatable bonds is 4. The van der Waals surface area contributed by atoms with Crippen LogP contribution in [0.25, 0.3) is 10.4 Å². The minimum absolute atomic E-state index is 0.324. The number of benzene rings is 1. The van der Waals surface area contributed by atoms with Crippen LogP contribution < -0.4 is 0 Å². The third kappa shape index (κ3) is 3.27. The van der Waals surface area contributed by atoms with Crippen molar-refractivity contribution in [2.45, 2.75) is 26.4 Å². The maximum absolute atomic E-state index is 9.84. The summed E-state index contributed by atoms with van der Waals surface area (Å²) in [5, 5.41) is 13.2. The Morgan fingerprint density at radius 2 is 2.20 bits per heavy atom. The van der Waals surface area contributed by atoms with Gasteiger partial charge in [-0.05, 0) is 36.9 Å². The van der Waals surface area contributed by atoms with E-state index < -0.39 is 6.10 Å². The zero-order valence-corrected chi connectivity index (χ0v) is 9.01. The summed E-state index contributed by atoms with van der Waals surface area (Å²) in [6.45, 7) is 4.31. The van der Waals surface area contributed by atoms with Gasteiger partial charge in [-0.15, -0.1) is 0 Å². The lowest BCUT2D eigenvalue weighted by atomic mass is 9.99. The molecule has 0 aromatic heterocycles. The molecule has 0 aliphatic rings. The van der Waals surface area contributed by atoms with Gasteiger partial charge < -0.3 is 5.11 Å². The lowest BCUT2D eigenvalue weighted by molar-refractivity contribution is 0.169. The van der Waals surface area contributed by atoms with Crippen molar-refractivity contribution in [3.05, 3.63) is 45.3 Å². The first-order valence-electron chi connectivity index (χ1n) is 4.91. The van der Waals surface area contributed by atoms with E-state index in [1.54, 1.807) is 0 Å². The molecule has 0 heterocycles. The van der Waals surface area contributed by atoms with E-state index in [1.165, 1.54) is 5.56 Å². The van der Waals surface area contributed by atoms with E-state index >= 15 is 0 Å². The topological polar surface area (TPSA) is 69.0 Å². The van der Waals surface area contributed by atoms with Crippen molar-refractivity contribution in [3.8, 4) is 0 Å². The fourth-order valence-electron chi connectivity index (χ4n) is 1.58.